The largest absolute Gasteiger partial charge is 0.497 e. The third kappa shape index (κ3) is 4.52. The van der Waals surface area contributed by atoms with Gasteiger partial charge in [0.15, 0.2) is 11.2 Å². The zero-order valence-electron chi connectivity index (χ0n) is 18.5. The highest BCUT2D eigenvalue weighted by atomic mass is 16.5. The summed E-state index contributed by atoms with van der Waals surface area (Å²) in [4.78, 5) is 47.3. The van der Waals surface area contributed by atoms with Crippen molar-refractivity contribution in [2.24, 2.45) is 0 Å². The van der Waals surface area contributed by atoms with Gasteiger partial charge in [-0.15, -0.1) is 0 Å². The third-order valence-electron chi connectivity index (χ3n) is 5.44. The topological polar surface area (TPSA) is 108 Å². The molecule has 1 amide bonds. The fourth-order valence-electron chi connectivity index (χ4n) is 3.49. The molecule has 0 unspecified atom stereocenters. The summed E-state index contributed by atoms with van der Waals surface area (Å²) in [5.41, 5.74) is 2.37. The number of aryl methyl sites for hydroxylation is 2. The minimum Gasteiger partial charge on any atom is -0.497 e. The summed E-state index contributed by atoms with van der Waals surface area (Å²) in [6.45, 7) is 3.64. The highest BCUT2D eigenvalue weighted by Crippen LogP contribution is 2.15. The molecule has 9 nitrogen and oxygen atoms in total. The Bertz CT molecular complexity index is 1450. The monoisotopic (exact) mass is 445 g/mol. The Labute approximate surface area is 189 Å². The van der Waals surface area contributed by atoms with Gasteiger partial charge in [0.25, 0.3) is 5.56 Å². The van der Waals surface area contributed by atoms with Gasteiger partial charge in [-0.25, -0.2) is 14.8 Å². The molecule has 0 aliphatic rings. The van der Waals surface area contributed by atoms with Crippen LogP contribution in [0.3, 0.4) is 0 Å². The molecule has 0 radical (unpaired) electrons. The van der Waals surface area contributed by atoms with Crippen molar-refractivity contribution in [1.82, 2.24) is 19.1 Å². The quantitative estimate of drug-likeness (QED) is 0.488. The van der Waals surface area contributed by atoms with Gasteiger partial charge >= 0.3 is 5.69 Å². The lowest BCUT2D eigenvalue weighted by Gasteiger charge is -2.13. The Kier molecular flexibility index (Phi) is 6.03. The second kappa shape index (κ2) is 9.07. The summed E-state index contributed by atoms with van der Waals surface area (Å²) < 4.78 is 7.38. The van der Waals surface area contributed by atoms with Crippen LogP contribution < -0.4 is 21.3 Å². The molecule has 0 atom stereocenters. The number of methoxy groups -OCH3 is 1. The van der Waals surface area contributed by atoms with Crippen molar-refractivity contribution in [2.45, 2.75) is 26.9 Å². The van der Waals surface area contributed by atoms with Crippen molar-refractivity contribution >= 4 is 22.8 Å². The van der Waals surface area contributed by atoms with Crippen molar-refractivity contribution in [3.63, 3.8) is 0 Å². The standard InChI is InChI=1S/C24H23N5O4/c1-15-4-7-18(12-16(15)2)27-20(30)14-28-22-21(25-10-11-26-22)23(31)29(24(28)32)13-17-5-8-19(33-3)9-6-17/h4-12H,13-14H2,1-3H3,(H,27,30). The fraction of sp³-hybridized carbons (Fsp3) is 0.208. The van der Waals surface area contributed by atoms with E-state index in [0.717, 1.165) is 21.3 Å². The van der Waals surface area contributed by atoms with E-state index in [-0.39, 0.29) is 24.3 Å². The number of rotatable bonds is 6. The van der Waals surface area contributed by atoms with E-state index in [0.29, 0.717) is 11.4 Å². The zero-order valence-corrected chi connectivity index (χ0v) is 18.5. The van der Waals surface area contributed by atoms with Crippen LogP contribution in [0.25, 0.3) is 11.2 Å². The van der Waals surface area contributed by atoms with E-state index in [4.69, 9.17) is 4.74 Å². The summed E-state index contributed by atoms with van der Waals surface area (Å²) >= 11 is 0. The minimum absolute atomic E-state index is 0.0181. The molecule has 4 aromatic rings. The lowest BCUT2D eigenvalue weighted by Crippen LogP contribution is -2.42. The average Bonchev–Trinajstić information content (AvgIpc) is 2.82. The maximum Gasteiger partial charge on any atom is 0.333 e. The third-order valence-corrected chi connectivity index (χ3v) is 5.44. The second-order valence-electron chi connectivity index (χ2n) is 7.68. The van der Waals surface area contributed by atoms with Crippen molar-refractivity contribution < 1.29 is 9.53 Å². The molecular weight excluding hydrogens is 422 g/mol. The Morgan fingerprint density at radius 1 is 0.970 bits per heavy atom. The summed E-state index contributed by atoms with van der Waals surface area (Å²) in [6, 6.07) is 12.6. The molecule has 9 heteroatoms. The molecule has 0 spiro atoms. The van der Waals surface area contributed by atoms with E-state index in [1.54, 1.807) is 37.4 Å². The van der Waals surface area contributed by atoms with E-state index in [1.165, 1.54) is 17.0 Å². The molecule has 1 N–H and O–H groups in total. The number of amides is 1. The predicted octanol–water partition coefficient (Wildman–Crippen LogP) is 2.27. The van der Waals surface area contributed by atoms with Gasteiger partial charge in [0.05, 0.1) is 13.7 Å². The number of fused-ring (bicyclic) bond motifs is 1. The summed E-state index contributed by atoms with van der Waals surface area (Å²) in [5, 5.41) is 2.80. The second-order valence-corrected chi connectivity index (χ2v) is 7.68. The van der Waals surface area contributed by atoms with Gasteiger partial charge in [-0.1, -0.05) is 18.2 Å². The molecule has 33 heavy (non-hydrogen) atoms. The van der Waals surface area contributed by atoms with Crippen LogP contribution >= 0.6 is 0 Å². The van der Waals surface area contributed by atoms with Crippen LogP contribution in [0.15, 0.2) is 64.4 Å². The molecule has 0 aliphatic heterocycles. The molecular formula is C24H23N5O4. The Hall–Kier alpha value is -4.27. The van der Waals surface area contributed by atoms with Gasteiger partial charge in [0.1, 0.15) is 12.3 Å². The van der Waals surface area contributed by atoms with Crippen LogP contribution in [0.1, 0.15) is 16.7 Å². The number of benzene rings is 2. The molecule has 168 valence electrons. The SMILES string of the molecule is COc1ccc(Cn2c(=O)c3nccnc3n(CC(=O)Nc3ccc(C)c(C)c3)c2=O)cc1. The number of nitrogens with zero attached hydrogens (tertiary/aromatic N) is 4. The Morgan fingerprint density at radius 3 is 2.39 bits per heavy atom. The lowest BCUT2D eigenvalue weighted by molar-refractivity contribution is -0.116. The van der Waals surface area contributed by atoms with Crippen molar-refractivity contribution in [2.75, 3.05) is 12.4 Å². The summed E-state index contributed by atoms with van der Waals surface area (Å²) in [5.74, 6) is 0.248. The first-order valence-electron chi connectivity index (χ1n) is 10.3. The molecule has 0 aliphatic carbocycles. The van der Waals surface area contributed by atoms with E-state index >= 15 is 0 Å². The van der Waals surface area contributed by atoms with Crippen LogP contribution in [0, 0.1) is 13.8 Å². The number of aromatic nitrogens is 4. The van der Waals surface area contributed by atoms with E-state index in [9.17, 15) is 14.4 Å². The Balaban J connectivity index is 1.72. The molecule has 0 saturated carbocycles. The minimum atomic E-state index is -0.640. The molecule has 0 saturated heterocycles. The normalized spacial score (nSPS) is 10.9. The Morgan fingerprint density at radius 2 is 1.70 bits per heavy atom. The highest BCUT2D eigenvalue weighted by Gasteiger charge is 2.18. The first kappa shape index (κ1) is 21.9. The van der Waals surface area contributed by atoms with E-state index in [2.05, 4.69) is 15.3 Å². The van der Waals surface area contributed by atoms with Gasteiger partial charge in [-0.2, -0.15) is 0 Å². The molecule has 0 bridgehead atoms. The summed E-state index contributed by atoms with van der Waals surface area (Å²) in [6.07, 6.45) is 2.76. The van der Waals surface area contributed by atoms with Gasteiger partial charge in [-0.05, 0) is 54.8 Å². The van der Waals surface area contributed by atoms with Crippen LogP contribution in [0.2, 0.25) is 0 Å². The lowest BCUT2D eigenvalue weighted by atomic mass is 10.1. The smallest absolute Gasteiger partial charge is 0.333 e. The molecule has 2 aromatic carbocycles. The van der Waals surface area contributed by atoms with Crippen molar-refractivity contribution in [3.05, 3.63) is 92.4 Å². The number of carbonyl (C=O) groups excluding carboxylic acids is 1. The number of anilines is 1. The average molecular weight is 445 g/mol. The number of ether oxygens (including phenoxy) is 1. The molecule has 0 fully saturated rings. The van der Waals surface area contributed by atoms with Gasteiger partial charge < -0.3 is 10.1 Å². The first-order valence-corrected chi connectivity index (χ1v) is 10.3. The van der Waals surface area contributed by atoms with Crippen LogP contribution in [-0.4, -0.2) is 32.1 Å². The number of hydrogen-bond donors (Lipinski definition) is 1. The highest BCUT2D eigenvalue weighted by molar-refractivity contribution is 5.91. The summed E-state index contributed by atoms with van der Waals surface area (Å²) in [7, 11) is 1.56. The fourth-order valence-corrected chi connectivity index (χ4v) is 3.49. The van der Waals surface area contributed by atoms with Gasteiger partial charge in [-0.3, -0.25) is 18.7 Å². The van der Waals surface area contributed by atoms with Crippen molar-refractivity contribution in [1.29, 1.82) is 0 Å². The van der Waals surface area contributed by atoms with Gasteiger partial charge in [0.2, 0.25) is 5.91 Å². The maximum atomic E-state index is 13.3. The number of nitrogens with one attached hydrogen (secondary N) is 1. The van der Waals surface area contributed by atoms with Crippen LogP contribution in [-0.2, 0) is 17.9 Å². The molecule has 2 heterocycles. The maximum absolute atomic E-state index is 13.3. The molecule has 4 rings (SSSR count). The van der Waals surface area contributed by atoms with Gasteiger partial charge in [0, 0.05) is 18.1 Å². The first-order chi connectivity index (χ1) is 15.9. The number of hydrogen-bond acceptors (Lipinski definition) is 6. The van der Waals surface area contributed by atoms with Crippen molar-refractivity contribution in [3.8, 4) is 5.75 Å². The van der Waals surface area contributed by atoms with Crippen LogP contribution in [0.4, 0.5) is 5.69 Å². The number of carbonyl (C=O) groups is 1. The zero-order chi connectivity index (χ0) is 23.5. The predicted molar refractivity (Wildman–Crippen MR) is 125 cm³/mol. The van der Waals surface area contributed by atoms with Crippen LogP contribution in [0.5, 0.6) is 5.75 Å². The van der Waals surface area contributed by atoms with E-state index < -0.39 is 17.2 Å². The van der Waals surface area contributed by atoms with E-state index in [1.807, 2.05) is 26.0 Å². The molecule has 2 aromatic heterocycles.